The zero-order chi connectivity index (χ0) is 12.7. The van der Waals surface area contributed by atoms with E-state index in [1.807, 2.05) is 12.1 Å². The van der Waals surface area contributed by atoms with E-state index in [1.165, 1.54) is 17.5 Å². The summed E-state index contributed by atoms with van der Waals surface area (Å²) in [5.41, 5.74) is 8.87. The van der Waals surface area contributed by atoms with Crippen LogP contribution < -0.4 is 5.73 Å². The molecule has 1 aromatic rings. The standard InChI is InChI=1S/C15H20N2O/c1-2-17-9-8-11-13(17)7-6-10-4-3-5-12(14(10)11)15(16)18/h3-5,11,13H,2,6-9H2,1H3,(H2,16,18)/t11-,13-/m1/s1. The topological polar surface area (TPSA) is 46.3 Å². The molecule has 1 aliphatic heterocycles. The van der Waals surface area contributed by atoms with E-state index in [1.54, 1.807) is 0 Å². The Labute approximate surface area is 108 Å². The molecule has 0 aromatic heterocycles. The second-order valence-electron chi connectivity index (χ2n) is 5.37. The molecule has 1 aliphatic carbocycles. The number of primary amides is 1. The molecule has 1 saturated heterocycles. The van der Waals surface area contributed by atoms with Crippen LogP contribution in [0.5, 0.6) is 0 Å². The molecule has 0 unspecified atom stereocenters. The number of rotatable bonds is 2. The van der Waals surface area contributed by atoms with Crippen LogP contribution in [0.4, 0.5) is 0 Å². The average molecular weight is 244 g/mol. The number of amides is 1. The first kappa shape index (κ1) is 11.7. The number of benzene rings is 1. The SMILES string of the molecule is CCN1CC[C@H]2c3c(cccc3C(N)=O)CC[C@H]21. The molecule has 0 spiro atoms. The summed E-state index contributed by atoms with van der Waals surface area (Å²) in [6, 6.07) is 6.62. The molecule has 0 bridgehead atoms. The fourth-order valence-electron chi connectivity index (χ4n) is 3.82. The number of nitrogens with zero attached hydrogens (tertiary/aromatic N) is 1. The van der Waals surface area contributed by atoms with E-state index in [-0.39, 0.29) is 5.91 Å². The van der Waals surface area contributed by atoms with E-state index in [0.717, 1.165) is 31.5 Å². The van der Waals surface area contributed by atoms with E-state index >= 15 is 0 Å². The molecular weight excluding hydrogens is 224 g/mol. The Morgan fingerprint density at radius 2 is 2.28 bits per heavy atom. The Bertz CT molecular complexity index is 483. The van der Waals surface area contributed by atoms with Crippen LogP contribution in [-0.4, -0.2) is 29.9 Å². The van der Waals surface area contributed by atoms with Gasteiger partial charge in [-0.15, -0.1) is 0 Å². The lowest BCUT2D eigenvalue weighted by Crippen LogP contribution is -2.35. The number of likely N-dealkylation sites (tertiary alicyclic amines) is 1. The Morgan fingerprint density at radius 1 is 1.44 bits per heavy atom. The highest BCUT2D eigenvalue weighted by Crippen LogP contribution is 2.42. The van der Waals surface area contributed by atoms with Crippen molar-refractivity contribution in [3.63, 3.8) is 0 Å². The quantitative estimate of drug-likeness (QED) is 0.863. The van der Waals surface area contributed by atoms with Crippen molar-refractivity contribution in [2.24, 2.45) is 5.73 Å². The van der Waals surface area contributed by atoms with Crippen LogP contribution in [0.2, 0.25) is 0 Å². The first-order chi connectivity index (χ1) is 8.72. The summed E-state index contributed by atoms with van der Waals surface area (Å²) < 4.78 is 0. The van der Waals surface area contributed by atoms with Gasteiger partial charge in [-0.3, -0.25) is 4.79 Å². The molecule has 2 N–H and O–H groups in total. The summed E-state index contributed by atoms with van der Waals surface area (Å²) in [7, 11) is 0. The molecule has 0 saturated carbocycles. The first-order valence-corrected chi connectivity index (χ1v) is 6.88. The van der Waals surface area contributed by atoms with Gasteiger partial charge < -0.3 is 10.6 Å². The fourth-order valence-corrected chi connectivity index (χ4v) is 3.82. The Hall–Kier alpha value is -1.35. The molecule has 3 heteroatoms. The molecule has 18 heavy (non-hydrogen) atoms. The maximum Gasteiger partial charge on any atom is 0.248 e. The van der Waals surface area contributed by atoms with Crippen LogP contribution in [0.25, 0.3) is 0 Å². The van der Waals surface area contributed by atoms with Crippen LogP contribution in [0, 0.1) is 0 Å². The number of likely N-dealkylation sites (N-methyl/N-ethyl adjacent to an activating group) is 1. The molecule has 1 fully saturated rings. The number of carbonyl (C=O) groups is 1. The third-order valence-corrected chi connectivity index (χ3v) is 4.61. The summed E-state index contributed by atoms with van der Waals surface area (Å²) in [6.45, 7) is 4.48. The van der Waals surface area contributed by atoms with E-state index in [9.17, 15) is 4.79 Å². The smallest absolute Gasteiger partial charge is 0.248 e. The van der Waals surface area contributed by atoms with Crippen molar-refractivity contribution < 1.29 is 4.79 Å². The van der Waals surface area contributed by atoms with Gasteiger partial charge in [0.2, 0.25) is 5.91 Å². The predicted octanol–water partition coefficient (Wildman–Crippen LogP) is 1.91. The van der Waals surface area contributed by atoms with E-state index in [4.69, 9.17) is 5.73 Å². The highest BCUT2D eigenvalue weighted by atomic mass is 16.1. The van der Waals surface area contributed by atoms with Gasteiger partial charge in [-0.05, 0) is 49.5 Å². The molecular formula is C15H20N2O. The molecule has 1 aromatic carbocycles. The summed E-state index contributed by atoms with van der Waals surface area (Å²) in [5.74, 6) is 0.236. The fraction of sp³-hybridized carbons (Fsp3) is 0.533. The summed E-state index contributed by atoms with van der Waals surface area (Å²) in [4.78, 5) is 14.2. The number of hydrogen-bond donors (Lipinski definition) is 1. The number of hydrogen-bond acceptors (Lipinski definition) is 2. The number of aryl methyl sites for hydroxylation is 1. The van der Waals surface area contributed by atoms with Crippen molar-refractivity contribution >= 4 is 5.91 Å². The number of nitrogens with two attached hydrogens (primary N) is 1. The third-order valence-electron chi connectivity index (χ3n) is 4.61. The molecule has 2 atom stereocenters. The Balaban J connectivity index is 2.06. The number of fused-ring (bicyclic) bond motifs is 3. The van der Waals surface area contributed by atoms with Gasteiger partial charge in [0, 0.05) is 17.5 Å². The molecule has 0 radical (unpaired) electrons. The highest BCUT2D eigenvalue weighted by molar-refractivity contribution is 5.95. The lowest BCUT2D eigenvalue weighted by atomic mass is 9.77. The summed E-state index contributed by atoms with van der Waals surface area (Å²) in [6.07, 6.45) is 3.46. The largest absolute Gasteiger partial charge is 0.366 e. The van der Waals surface area contributed by atoms with Crippen LogP contribution in [-0.2, 0) is 6.42 Å². The predicted molar refractivity (Wildman–Crippen MR) is 71.7 cm³/mol. The lowest BCUT2D eigenvalue weighted by molar-refractivity contribution is 0.0998. The maximum atomic E-state index is 11.6. The van der Waals surface area contributed by atoms with Gasteiger partial charge in [0.1, 0.15) is 0 Å². The monoisotopic (exact) mass is 244 g/mol. The van der Waals surface area contributed by atoms with E-state index in [0.29, 0.717) is 12.0 Å². The van der Waals surface area contributed by atoms with E-state index in [2.05, 4.69) is 17.9 Å². The lowest BCUT2D eigenvalue weighted by Gasteiger charge is -2.33. The van der Waals surface area contributed by atoms with Gasteiger partial charge in [0.05, 0.1) is 0 Å². The van der Waals surface area contributed by atoms with Gasteiger partial charge in [0.15, 0.2) is 0 Å². The molecule has 3 nitrogen and oxygen atoms in total. The maximum absolute atomic E-state index is 11.6. The van der Waals surface area contributed by atoms with Crippen LogP contribution in [0.15, 0.2) is 18.2 Å². The minimum absolute atomic E-state index is 0.276. The van der Waals surface area contributed by atoms with Gasteiger partial charge in [-0.1, -0.05) is 19.1 Å². The third kappa shape index (κ3) is 1.65. The normalized spacial score (nSPS) is 26.7. The first-order valence-electron chi connectivity index (χ1n) is 6.88. The van der Waals surface area contributed by atoms with Crippen molar-refractivity contribution in [2.75, 3.05) is 13.1 Å². The average Bonchev–Trinajstić information content (AvgIpc) is 2.80. The molecule has 1 amide bonds. The second-order valence-corrected chi connectivity index (χ2v) is 5.37. The van der Waals surface area contributed by atoms with Crippen molar-refractivity contribution in [2.45, 2.75) is 38.1 Å². The zero-order valence-electron chi connectivity index (χ0n) is 10.9. The van der Waals surface area contributed by atoms with Gasteiger partial charge in [0.25, 0.3) is 0 Å². The van der Waals surface area contributed by atoms with Crippen molar-refractivity contribution in [3.05, 3.63) is 34.9 Å². The minimum atomic E-state index is -0.276. The van der Waals surface area contributed by atoms with Crippen LogP contribution in [0.1, 0.15) is 47.2 Å². The minimum Gasteiger partial charge on any atom is -0.366 e. The highest BCUT2D eigenvalue weighted by Gasteiger charge is 2.39. The van der Waals surface area contributed by atoms with Crippen LogP contribution >= 0.6 is 0 Å². The Morgan fingerprint density at radius 3 is 3.00 bits per heavy atom. The summed E-state index contributed by atoms with van der Waals surface area (Å²) in [5, 5.41) is 0. The second kappa shape index (κ2) is 4.39. The molecule has 2 aliphatic rings. The zero-order valence-corrected chi connectivity index (χ0v) is 10.9. The van der Waals surface area contributed by atoms with Crippen molar-refractivity contribution in [1.29, 1.82) is 0 Å². The van der Waals surface area contributed by atoms with Crippen LogP contribution in [0.3, 0.4) is 0 Å². The van der Waals surface area contributed by atoms with Crippen molar-refractivity contribution in [3.8, 4) is 0 Å². The van der Waals surface area contributed by atoms with Gasteiger partial charge >= 0.3 is 0 Å². The summed E-state index contributed by atoms with van der Waals surface area (Å²) >= 11 is 0. The number of carbonyl (C=O) groups excluding carboxylic acids is 1. The Kier molecular flexibility index (Phi) is 2.86. The van der Waals surface area contributed by atoms with Gasteiger partial charge in [-0.2, -0.15) is 0 Å². The van der Waals surface area contributed by atoms with E-state index < -0.39 is 0 Å². The molecule has 3 rings (SSSR count). The van der Waals surface area contributed by atoms with Crippen molar-refractivity contribution in [1.82, 2.24) is 4.90 Å². The van der Waals surface area contributed by atoms with Gasteiger partial charge in [-0.25, -0.2) is 0 Å². The molecule has 1 heterocycles. The molecule has 96 valence electrons.